The monoisotopic (exact) mass is 407 g/mol. The van der Waals surface area contributed by atoms with Gasteiger partial charge in [0.15, 0.2) is 5.78 Å². The van der Waals surface area contributed by atoms with Crippen molar-refractivity contribution in [1.29, 1.82) is 0 Å². The van der Waals surface area contributed by atoms with Crippen molar-refractivity contribution in [1.82, 2.24) is 4.98 Å². The molecular weight excluding hydrogens is 401 g/mol. The SMILES string of the molecule is O=C(Cc1nccs1)c1cc(Br)ccc1I. The van der Waals surface area contributed by atoms with E-state index in [2.05, 4.69) is 43.5 Å². The lowest BCUT2D eigenvalue weighted by Gasteiger charge is -2.02. The van der Waals surface area contributed by atoms with Crippen LogP contribution in [-0.4, -0.2) is 10.8 Å². The quantitative estimate of drug-likeness (QED) is 0.569. The highest BCUT2D eigenvalue weighted by atomic mass is 127. The van der Waals surface area contributed by atoms with E-state index in [1.54, 1.807) is 6.20 Å². The molecule has 1 aromatic heterocycles. The van der Waals surface area contributed by atoms with Gasteiger partial charge in [0.05, 0.1) is 6.42 Å². The molecule has 0 fully saturated rings. The van der Waals surface area contributed by atoms with Crippen molar-refractivity contribution >= 4 is 55.6 Å². The van der Waals surface area contributed by atoms with Gasteiger partial charge in [0.25, 0.3) is 0 Å². The van der Waals surface area contributed by atoms with E-state index in [0.717, 1.165) is 18.6 Å². The molecule has 1 heterocycles. The molecule has 0 unspecified atom stereocenters. The van der Waals surface area contributed by atoms with Crippen LogP contribution < -0.4 is 0 Å². The average Bonchev–Trinajstić information content (AvgIpc) is 2.74. The van der Waals surface area contributed by atoms with Crippen LogP contribution in [0.15, 0.2) is 34.2 Å². The van der Waals surface area contributed by atoms with Gasteiger partial charge in [-0.05, 0) is 40.8 Å². The molecule has 0 aliphatic rings. The number of thiazole rings is 1. The Morgan fingerprint density at radius 3 is 3.00 bits per heavy atom. The number of nitrogens with zero attached hydrogens (tertiary/aromatic N) is 1. The third-order valence-electron chi connectivity index (χ3n) is 2.02. The topological polar surface area (TPSA) is 30.0 Å². The van der Waals surface area contributed by atoms with Crippen molar-refractivity contribution in [2.24, 2.45) is 0 Å². The molecule has 0 aliphatic heterocycles. The van der Waals surface area contributed by atoms with Crippen LogP contribution in [0, 0.1) is 3.57 Å². The van der Waals surface area contributed by atoms with E-state index in [-0.39, 0.29) is 5.78 Å². The molecular formula is C11H7BrINOS. The molecule has 82 valence electrons. The summed E-state index contributed by atoms with van der Waals surface area (Å²) in [6, 6.07) is 5.72. The van der Waals surface area contributed by atoms with Crippen LogP contribution in [0.5, 0.6) is 0 Å². The van der Waals surface area contributed by atoms with Crippen molar-refractivity contribution in [3.05, 3.63) is 48.4 Å². The standard InChI is InChI=1S/C11H7BrINOS/c12-7-1-2-9(13)8(5-7)10(15)6-11-14-3-4-16-11/h1-5H,6H2. The van der Waals surface area contributed by atoms with E-state index in [9.17, 15) is 4.79 Å². The lowest BCUT2D eigenvalue weighted by Crippen LogP contribution is -2.05. The molecule has 0 N–H and O–H groups in total. The molecule has 2 nitrogen and oxygen atoms in total. The molecule has 2 aromatic rings. The second kappa shape index (κ2) is 5.37. The van der Waals surface area contributed by atoms with E-state index in [4.69, 9.17) is 0 Å². The number of hydrogen-bond donors (Lipinski definition) is 0. The van der Waals surface area contributed by atoms with Crippen molar-refractivity contribution in [2.45, 2.75) is 6.42 Å². The first-order chi connectivity index (χ1) is 7.66. The summed E-state index contributed by atoms with van der Waals surface area (Å²) in [5, 5.41) is 2.75. The Balaban J connectivity index is 2.24. The van der Waals surface area contributed by atoms with Gasteiger partial charge in [-0.25, -0.2) is 4.98 Å². The van der Waals surface area contributed by atoms with Crippen LogP contribution >= 0.6 is 49.9 Å². The fraction of sp³-hybridized carbons (Fsp3) is 0.0909. The highest BCUT2D eigenvalue weighted by Crippen LogP contribution is 2.20. The molecule has 0 radical (unpaired) electrons. The van der Waals surface area contributed by atoms with Gasteiger partial charge in [-0.3, -0.25) is 4.79 Å². The molecule has 0 aliphatic carbocycles. The third kappa shape index (κ3) is 2.89. The molecule has 0 spiro atoms. The molecule has 0 amide bonds. The summed E-state index contributed by atoms with van der Waals surface area (Å²) >= 11 is 7.06. The highest BCUT2D eigenvalue weighted by molar-refractivity contribution is 14.1. The number of Topliss-reactive ketones (excluding diaryl/α,β-unsaturated/α-hetero) is 1. The molecule has 1 aromatic carbocycles. The van der Waals surface area contributed by atoms with Crippen LogP contribution in [0.3, 0.4) is 0 Å². The first kappa shape index (κ1) is 12.2. The third-order valence-corrected chi connectivity index (χ3v) is 4.24. The van der Waals surface area contributed by atoms with Crippen molar-refractivity contribution in [3.8, 4) is 0 Å². The maximum atomic E-state index is 12.0. The van der Waals surface area contributed by atoms with Gasteiger partial charge >= 0.3 is 0 Å². The number of ketones is 1. The minimum Gasteiger partial charge on any atom is -0.294 e. The number of benzene rings is 1. The van der Waals surface area contributed by atoms with Crippen LogP contribution in [0.2, 0.25) is 0 Å². The Bertz CT molecular complexity index is 513. The summed E-state index contributed by atoms with van der Waals surface area (Å²) in [6.07, 6.45) is 2.10. The second-order valence-corrected chi connectivity index (χ2v) is 6.21. The van der Waals surface area contributed by atoms with Crippen LogP contribution in [0.4, 0.5) is 0 Å². The zero-order valence-corrected chi connectivity index (χ0v) is 12.7. The minimum absolute atomic E-state index is 0.112. The van der Waals surface area contributed by atoms with Gasteiger partial charge < -0.3 is 0 Å². The zero-order chi connectivity index (χ0) is 11.5. The van der Waals surface area contributed by atoms with Crippen molar-refractivity contribution in [3.63, 3.8) is 0 Å². The maximum absolute atomic E-state index is 12.0. The van der Waals surface area contributed by atoms with Gasteiger partial charge in [-0.2, -0.15) is 0 Å². The molecule has 2 rings (SSSR count). The van der Waals surface area contributed by atoms with E-state index in [0.29, 0.717) is 6.42 Å². The number of hydrogen-bond acceptors (Lipinski definition) is 3. The number of carbonyl (C=O) groups is 1. The molecule has 0 bridgehead atoms. The van der Waals surface area contributed by atoms with Crippen molar-refractivity contribution in [2.75, 3.05) is 0 Å². The lowest BCUT2D eigenvalue weighted by molar-refractivity contribution is 0.0992. The van der Waals surface area contributed by atoms with Gasteiger partial charge in [0.1, 0.15) is 5.01 Å². The molecule has 5 heteroatoms. The molecule has 0 saturated heterocycles. The Morgan fingerprint density at radius 2 is 2.31 bits per heavy atom. The van der Waals surface area contributed by atoms with E-state index >= 15 is 0 Å². The maximum Gasteiger partial charge on any atom is 0.170 e. The first-order valence-electron chi connectivity index (χ1n) is 4.53. The Morgan fingerprint density at radius 1 is 1.50 bits per heavy atom. The van der Waals surface area contributed by atoms with Crippen LogP contribution in [-0.2, 0) is 6.42 Å². The van der Waals surface area contributed by atoms with Crippen molar-refractivity contribution < 1.29 is 4.79 Å². The minimum atomic E-state index is 0.112. The lowest BCUT2D eigenvalue weighted by atomic mass is 10.1. The number of carbonyl (C=O) groups excluding carboxylic acids is 1. The summed E-state index contributed by atoms with van der Waals surface area (Å²) in [7, 11) is 0. The largest absolute Gasteiger partial charge is 0.294 e. The van der Waals surface area contributed by atoms with Crippen LogP contribution in [0.25, 0.3) is 0 Å². The fourth-order valence-corrected chi connectivity index (χ4v) is 2.90. The van der Waals surface area contributed by atoms with Gasteiger partial charge in [-0.1, -0.05) is 15.9 Å². The molecule has 0 saturated carbocycles. The smallest absolute Gasteiger partial charge is 0.170 e. The van der Waals surface area contributed by atoms with Gasteiger partial charge in [0, 0.05) is 25.2 Å². The number of aromatic nitrogens is 1. The average molecular weight is 408 g/mol. The summed E-state index contributed by atoms with van der Waals surface area (Å²) in [6.45, 7) is 0. The predicted octanol–water partition coefficient (Wildman–Crippen LogP) is 3.94. The predicted molar refractivity (Wildman–Crippen MR) is 77.0 cm³/mol. The Labute approximate surface area is 119 Å². The van der Waals surface area contributed by atoms with E-state index < -0.39 is 0 Å². The normalized spacial score (nSPS) is 10.4. The summed E-state index contributed by atoms with van der Waals surface area (Å²) < 4.78 is 1.90. The zero-order valence-electron chi connectivity index (χ0n) is 8.11. The summed E-state index contributed by atoms with van der Waals surface area (Å²) in [4.78, 5) is 16.1. The summed E-state index contributed by atoms with van der Waals surface area (Å²) in [5.41, 5.74) is 0.755. The molecule has 16 heavy (non-hydrogen) atoms. The Kier molecular flexibility index (Phi) is 4.10. The second-order valence-electron chi connectivity index (χ2n) is 3.15. The summed E-state index contributed by atoms with van der Waals surface area (Å²) in [5.74, 6) is 0.112. The van der Waals surface area contributed by atoms with Crippen LogP contribution in [0.1, 0.15) is 15.4 Å². The number of rotatable bonds is 3. The fourth-order valence-electron chi connectivity index (χ4n) is 1.28. The van der Waals surface area contributed by atoms with Gasteiger partial charge in [0.2, 0.25) is 0 Å². The molecule has 0 atom stereocenters. The van der Waals surface area contributed by atoms with Gasteiger partial charge in [-0.15, -0.1) is 11.3 Å². The first-order valence-corrected chi connectivity index (χ1v) is 7.28. The van der Waals surface area contributed by atoms with E-state index in [1.165, 1.54) is 11.3 Å². The highest BCUT2D eigenvalue weighted by Gasteiger charge is 2.12. The number of halogens is 2. The Hall–Kier alpha value is -0.270. The van der Waals surface area contributed by atoms with E-state index in [1.807, 2.05) is 23.6 Å².